The highest BCUT2D eigenvalue weighted by atomic mass is 35.5. The van der Waals surface area contributed by atoms with Gasteiger partial charge in [-0.1, -0.05) is 32.0 Å². The molecule has 12 nitrogen and oxygen atoms in total. The molecule has 0 saturated carbocycles. The van der Waals surface area contributed by atoms with Crippen LogP contribution in [0.4, 0.5) is 0 Å². The molecule has 0 fully saturated rings. The molecule has 4 amide bonds. The quantitative estimate of drug-likeness (QED) is 0.182. The number of hydrogen-bond donors (Lipinski definition) is 6. The second-order valence-corrected chi connectivity index (χ2v) is 9.80. The molecule has 0 aliphatic rings. The standard InChI is InChI=1S/C26H34ClN5O7/c1-13(2)23(26(39)29-14(3)24(37)31-19(10-22(35)36)21(34)11-27)32-25(38)20(30-15(4)33)9-16-12-28-18-8-6-5-7-17(16)18/h5-8,12-14,19-20,23,28H,9-11H2,1-4H3,(H,29,39)(H,30,33)(H,31,37)(H,32,38)(H,35,36)/t14-,19-,20-,23-/m0/s1. The second-order valence-electron chi connectivity index (χ2n) is 9.54. The van der Waals surface area contributed by atoms with Gasteiger partial charge in [0.2, 0.25) is 23.6 Å². The van der Waals surface area contributed by atoms with Gasteiger partial charge in [0.25, 0.3) is 0 Å². The van der Waals surface area contributed by atoms with E-state index in [1.54, 1.807) is 20.0 Å². The number of aromatic amines is 1. The maximum Gasteiger partial charge on any atom is 0.305 e. The van der Waals surface area contributed by atoms with E-state index in [4.69, 9.17) is 16.7 Å². The summed E-state index contributed by atoms with van der Waals surface area (Å²) >= 11 is 5.50. The number of ketones is 1. The van der Waals surface area contributed by atoms with Gasteiger partial charge in [0.05, 0.1) is 18.3 Å². The smallest absolute Gasteiger partial charge is 0.305 e. The van der Waals surface area contributed by atoms with Gasteiger partial charge in [0.15, 0.2) is 5.78 Å². The van der Waals surface area contributed by atoms with Gasteiger partial charge in [0, 0.05) is 30.4 Å². The molecule has 1 aromatic carbocycles. The summed E-state index contributed by atoms with van der Waals surface area (Å²) in [7, 11) is 0. The average Bonchev–Trinajstić information content (AvgIpc) is 3.27. The number of aromatic nitrogens is 1. The van der Waals surface area contributed by atoms with Gasteiger partial charge in [-0.25, -0.2) is 0 Å². The zero-order valence-corrected chi connectivity index (χ0v) is 22.9. The first kappa shape index (κ1) is 31.3. The van der Waals surface area contributed by atoms with Crippen LogP contribution in [0.3, 0.4) is 0 Å². The molecule has 212 valence electrons. The number of H-pyrrole nitrogens is 1. The van der Waals surface area contributed by atoms with E-state index in [-0.39, 0.29) is 6.42 Å². The Kier molecular flexibility index (Phi) is 11.5. The van der Waals surface area contributed by atoms with E-state index in [1.165, 1.54) is 13.8 Å². The van der Waals surface area contributed by atoms with Gasteiger partial charge in [-0.2, -0.15) is 0 Å². The van der Waals surface area contributed by atoms with E-state index in [9.17, 15) is 28.8 Å². The molecule has 0 aliphatic heterocycles. The highest BCUT2D eigenvalue weighted by Crippen LogP contribution is 2.19. The van der Waals surface area contributed by atoms with E-state index in [2.05, 4.69) is 26.3 Å². The highest BCUT2D eigenvalue weighted by molar-refractivity contribution is 6.28. The van der Waals surface area contributed by atoms with Crippen LogP contribution in [0.25, 0.3) is 10.9 Å². The number of Topliss-reactive ketones (excluding diaryl/α,β-unsaturated/α-hetero) is 1. The molecule has 2 rings (SSSR count). The minimum atomic E-state index is -1.35. The van der Waals surface area contributed by atoms with Gasteiger partial charge in [-0.05, 0) is 24.5 Å². The van der Waals surface area contributed by atoms with Crippen LogP contribution in [0.1, 0.15) is 39.7 Å². The Morgan fingerprint density at radius 3 is 2.15 bits per heavy atom. The van der Waals surface area contributed by atoms with Crippen molar-refractivity contribution in [1.29, 1.82) is 0 Å². The van der Waals surface area contributed by atoms with E-state index in [1.807, 2.05) is 24.3 Å². The normalized spacial score (nSPS) is 14.1. The van der Waals surface area contributed by atoms with Gasteiger partial charge in [-0.15, -0.1) is 11.6 Å². The number of halogens is 1. The van der Waals surface area contributed by atoms with Crippen molar-refractivity contribution in [3.05, 3.63) is 36.0 Å². The lowest BCUT2D eigenvalue weighted by molar-refractivity contribution is -0.140. The maximum absolute atomic E-state index is 13.2. The number of para-hydroxylation sites is 1. The Morgan fingerprint density at radius 1 is 0.897 bits per heavy atom. The van der Waals surface area contributed by atoms with Crippen LogP contribution in [0.15, 0.2) is 30.5 Å². The van der Waals surface area contributed by atoms with Crippen LogP contribution in [0.5, 0.6) is 0 Å². The monoisotopic (exact) mass is 563 g/mol. The zero-order valence-electron chi connectivity index (χ0n) is 22.2. The van der Waals surface area contributed by atoms with Crippen molar-refractivity contribution >= 4 is 57.9 Å². The molecule has 13 heteroatoms. The summed E-state index contributed by atoms with van der Waals surface area (Å²) in [6, 6.07) is 2.96. The fourth-order valence-corrected chi connectivity index (χ4v) is 4.13. The molecule has 1 heterocycles. The van der Waals surface area contributed by atoms with Crippen LogP contribution in [-0.4, -0.2) is 75.5 Å². The Balaban J connectivity index is 2.12. The molecule has 2 aromatic rings. The molecule has 39 heavy (non-hydrogen) atoms. The molecule has 0 radical (unpaired) electrons. The molecule has 0 spiro atoms. The Labute approximate surface area is 230 Å². The van der Waals surface area contributed by atoms with Crippen molar-refractivity contribution in [1.82, 2.24) is 26.3 Å². The predicted molar refractivity (Wildman–Crippen MR) is 144 cm³/mol. The topological polar surface area (TPSA) is 187 Å². The van der Waals surface area contributed by atoms with Crippen LogP contribution in [-0.2, 0) is 35.2 Å². The Hall–Kier alpha value is -3.93. The first-order valence-electron chi connectivity index (χ1n) is 12.4. The van der Waals surface area contributed by atoms with E-state index >= 15 is 0 Å². The Bertz CT molecular complexity index is 1230. The fourth-order valence-electron chi connectivity index (χ4n) is 3.94. The number of benzene rings is 1. The van der Waals surface area contributed by atoms with Crippen LogP contribution in [0.2, 0.25) is 0 Å². The Morgan fingerprint density at radius 2 is 1.56 bits per heavy atom. The predicted octanol–water partition coefficient (Wildman–Crippen LogP) is 0.628. The largest absolute Gasteiger partial charge is 0.481 e. The molecule has 0 aliphatic carbocycles. The van der Waals surface area contributed by atoms with Crippen LogP contribution >= 0.6 is 11.6 Å². The average molecular weight is 564 g/mol. The van der Waals surface area contributed by atoms with Crippen molar-refractivity contribution in [2.45, 2.75) is 64.7 Å². The molecule has 0 unspecified atom stereocenters. The summed E-state index contributed by atoms with van der Waals surface area (Å²) in [6.07, 6.45) is 1.26. The molecule has 0 saturated heterocycles. The number of fused-ring (bicyclic) bond motifs is 1. The first-order valence-corrected chi connectivity index (χ1v) is 12.9. The third kappa shape index (κ3) is 9.10. The number of carboxylic acid groups (broad SMARTS) is 1. The van der Waals surface area contributed by atoms with Crippen molar-refractivity contribution in [3.63, 3.8) is 0 Å². The third-order valence-corrected chi connectivity index (χ3v) is 6.27. The van der Waals surface area contributed by atoms with Gasteiger partial charge in [0.1, 0.15) is 18.1 Å². The number of carbonyl (C=O) groups excluding carboxylic acids is 5. The molecular formula is C26H34ClN5O7. The van der Waals surface area contributed by atoms with Crippen molar-refractivity contribution in [3.8, 4) is 0 Å². The fraction of sp³-hybridized carbons (Fsp3) is 0.462. The number of alkyl halides is 1. The number of amides is 4. The van der Waals surface area contributed by atoms with Gasteiger partial charge >= 0.3 is 5.97 Å². The number of carboxylic acids is 1. The highest BCUT2D eigenvalue weighted by Gasteiger charge is 2.31. The summed E-state index contributed by atoms with van der Waals surface area (Å²) in [4.78, 5) is 76.8. The van der Waals surface area contributed by atoms with E-state index in [0.717, 1.165) is 16.5 Å². The SMILES string of the molecule is CC(=O)N[C@@H](Cc1c[nH]c2ccccc12)C(=O)N[C@H](C(=O)N[C@@H](C)C(=O)N[C@@H](CC(=O)O)C(=O)CCl)C(C)C. The molecule has 4 atom stereocenters. The number of nitrogens with one attached hydrogen (secondary N) is 5. The molecule has 6 N–H and O–H groups in total. The zero-order chi connectivity index (χ0) is 29.3. The van der Waals surface area contributed by atoms with Crippen molar-refractivity contribution in [2.24, 2.45) is 5.92 Å². The van der Waals surface area contributed by atoms with E-state index in [0.29, 0.717) is 0 Å². The minimum Gasteiger partial charge on any atom is -0.481 e. The number of aliphatic carboxylic acids is 1. The minimum absolute atomic E-state index is 0.167. The third-order valence-electron chi connectivity index (χ3n) is 6.01. The number of hydrogen-bond acceptors (Lipinski definition) is 6. The van der Waals surface area contributed by atoms with Gasteiger partial charge < -0.3 is 31.4 Å². The van der Waals surface area contributed by atoms with Crippen molar-refractivity contribution in [2.75, 3.05) is 5.88 Å². The maximum atomic E-state index is 13.2. The molecular weight excluding hydrogens is 530 g/mol. The van der Waals surface area contributed by atoms with Crippen molar-refractivity contribution < 1.29 is 33.9 Å². The van der Waals surface area contributed by atoms with E-state index < -0.39 is 77.8 Å². The lowest BCUT2D eigenvalue weighted by Gasteiger charge is -2.26. The summed E-state index contributed by atoms with van der Waals surface area (Å²) in [5.41, 5.74) is 1.68. The summed E-state index contributed by atoms with van der Waals surface area (Å²) < 4.78 is 0. The summed E-state index contributed by atoms with van der Waals surface area (Å²) in [5.74, 6) is -5.35. The summed E-state index contributed by atoms with van der Waals surface area (Å²) in [5, 5.41) is 19.9. The second kappa shape index (κ2) is 14.3. The first-order chi connectivity index (χ1) is 18.3. The van der Waals surface area contributed by atoms with Gasteiger partial charge in [-0.3, -0.25) is 28.8 Å². The number of rotatable bonds is 14. The van der Waals surface area contributed by atoms with Crippen LogP contribution < -0.4 is 21.3 Å². The van der Waals surface area contributed by atoms with Crippen LogP contribution in [0, 0.1) is 5.92 Å². The molecule has 1 aromatic heterocycles. The molecule has 0 bridgehead atoms. The lowest BCUT2D eigenvalue weighted by atomic mass is 10.0. The number of carbonyl (C=O) groups is 6. The summed E-state index contributed by atoms with van der Waals surface area (Å²) in [6.45, 7) is 6.04. The lowest BCUT2D eigenvalue weighted by Crippen LogP contribution is -2.58.